The number of likely N-dealkylation sites (N-methyl/N-ethyl adjacent to an activating group) is 1. The fourth-order valence-electron chi connectivity index (χ4n) is 2.73. The molecule has 5 nitrogen and oxygen atoms in total. The third-order valence-corrected chi connectivity index (χ3v) is 4.51. The van der Waals surface area contributed by atoms with Gasteiger partial charge in [-0.3, -0.25) is 9.69 Å². The third-order valence-electron chi connectivity index (χ3n) is 4.51. The van der Waals surface area contributed by atoms with E-state index in [1.807, 2.05) is 66.3 Å². The molecule has 1 unspecified atom stereocenters. The fourth-order valence-corrected chi connectivity index (χ4v) is 2.73. The van der Waals surface area contributed by atoms with E-state index in [9.17, 15) is 9.18 Å². The number of nitrogens with zero attached hydrogens (tertiary/aromatic N) is 3. The van der Waals surface area contributed by atoms with Gasteiger partial charge in [-0.15, -0.1) is 0 Å². The van der Waals surface area contributed by atoms with Crippen LogP contribution in [0.2, 0.25) is 0 Å². The van der Waals surface area contributed by atoms with Crippen molar-refractivity contribution in [2.75, 3.05) is 7.05 Å². The summed E-state index contributed by atoms with van der Waals surface area (Å²) in [5, 5.41) is 7.28. The van der Waals surface area contributed by atoms with E-state index < -0.39 is 0 Å². The molecule has 0 saturated carbocycles. The molecule has 0 aliphatic carbocycles. The average molecular weight is 366 g/mol. The van der Waals surface area contributed by atoms with Gasteiger partial charge in [-0.25, -0.2) is 9.07 Å². The highest BCUT2D eigenvalue weighted by atomic mass is 19.1. The Morgan fingerprint density at radius 1 is 1.15 bits per heavy atom. The molecule has 1 atom stereocenters. The van der Waals surface area contributed by atoms with Crippen molar-refractivity contribution in [1.29, 1.82) is 0 Å². The molecule has 2 aromatic carbocycles. The summed E-state index contributed by atoms with van der Waals surface area (Å²) >= 11 is 0. The summed E-state index contributed by atoms with van der Waals surface area (Å²) in [5.74, 6) is -0.355. The summed E-state index contributed by atoms with van der Waals surface area (Å²) in [7, 11) is 1.90. The molecule has 1 aromatic heterocycles. The van der Waals surface area contributed by atoms with Crippen LogP contribution in [0.5, 0.6) is 0 Å². The van der Waals surface area contributed by atoms with Crippen LogP contribution < -0.4 is 5.32 Å². The summed E-state index contributed by atoms with van der Waals surface area (Å²) < 4.78 is 14.8. The maximum atomic E-state index is 12.9. The Bertz CT molecular complexity index is 877. The number of hydrogen-bond acceptors (Lipinski definition) is 3. The molecular weight excluding hydrogens is 343 g/mol. The number of hydrogen-bond donors (Lipinski definition) is 1. The summed E-state index contributed by atoms with van der Waals surface area (Å²) in [5.41, 5.74) is 2.89. The molecule has 0 spiro atoms. The molecule has 0 bridgehead atoms. The van der Waals surface area contributed by atoms with Crippen LogP contribution in [0.25, 0.3) is 5.69 Å². The molecule has 1 heterocycles. The minimum atomic E-state index is -0.300. The van der Waals surface area contributed by atoms with Crippen molar-refractivity contribution in [1.82, 2.24) is 20.0 Å². The SMILES string of the molecule is CC(C(=O)NCc1ccc(F)cc1)N(C)Cc1cnn(-c2ccccc2)c1. The predicted octanol–water partition coefficient (Wildman–Crippen LogP) is 3.15. The Morgan fingerprint density at radius 3 is 2.56 bits per heavy atom. The lowest BCUT2D eigenvalue weighted by molar-refractivity contribution is -0.125. The number of carbonyl (C=O) groups is 1. The van der Waals surface area contributed by atoms with E-state index in [0.29, 0.717) is 13.1 Å². The van der Waals surface area contributed by atoms with Crippen LogP contribution in [0, 0.1) is 5.82 Å². The lowest BCUT2D eigenvalue weighted by Gasteiger charge is -2.23. The zero-order valence-electron chi connectivity index (χ0n) is 15.5. The zero-order chi connectivity index (χ0) is 19.2. The first-order valence-corrected chi connectivity index (χ1v) is 8.84. The van der Waals surface area contributed by atoms with Crippen molar-refractivity contribution in [3.8, 4) is 5.69 Å². The van der Waals surface area contributed by atoms with Gasteiger partial charge in [-0.05, 0) is 43.8 Å². The highest BCUT2D eigenvalue weighted by Gasteiger charge is 2.18. The van der Waals surface area contributed by atoms with Crippen LogP contribution in [-0.4, -0.2) is 33.7 Å². The Morgan fingerprint density at radius 2 is 1.85 bits per heavy atom. The summed E-state index contributed by atoms with van der Waals surface area (Å²) in [6.45, 7) is 2.85. The van der Waals surface area contributed by atoms with E-state index >= 15 is 0 Å². The second-order valence-electron chi connectivity index (χ2n) is 6.56. The van der Waals surface area contributed by atoms with Crippen molar-refractivity contribution < 1.29 is 9.18 Å². The standard InChI is InChI=1S/C21H23FN4O/c1-16(21(27)23-12-17-8-10-19(22)11-9-17)25(2)14-18-13-24-26(15-18)20-6-4-3-5-7-20/h3-11,13,15-16H,12,14H2,1-2H3,(H,23,27). The van der Waals surface area contributed by atoms with E-state index in [-0.39, 0.29) is 17.8 Å². The third kappa shape index (κ3) is 5.01. The minimum absolute atomic E-state index is 0.0720. The first kappa shape index (κ1) is 18.8. The molecule has 0 aliphatic rings. The van der Waals surface area contributed by atoms with E-state index in [0.717, 1.165) is 16.8 Å². The Kier molecular flexibility index (Phi) is 5.98. The molecular formula is C21H23FN4O. The number of para-hydroxylation sites is 1. The van der Waals surface area contributed by atoms with Gasteiger partial charge in [0.2, 0.25) is 5.91 Å². The zero-order valence-corrected chi connectivity index (χ0v) is 15.5. The van der Waals surface area contributed by atoms with Crippen molar-refractivity contribution in [2.24, 2.45) is 0 Å². The maximum absolute atomic E-state index is 12.9. The molecule has 1 N–H and O–H groups in total. The molecule has 1 amide bonds. The monoisotopic (exact) mass is 366 g/mol. The lowest BCUT2D eigenvalue weighted by atomic mass is 10.2. The van der Waals surface area contributed by atoms with Gasteiger partial charge in [0.25, 0.3) is 0 Å². The molecule has 6 heteroatoms. The Labute approximate surface area is 158 Å². The van der Waals surface area contributed by atoms with Gasteiger partial charge in [0.05, 0.1) is 17.9 Å². The first-order valence-electron chi connectivity index (χ1n) is 8.84. The number of carbonyl (C=O) groups excluding carboxylic acids is 1. The molecule has 27 heavy (non-hydrogen) atoms. The number of benzene rings is 2. The molecule has 140 valence electrons. The predicted molar refractivity (Wildman–Crippen MR) is 103 cm³/mol. The van der Waals surface area contributed by atoms with Crippen LogP contribution in [0.4, 0.5) is 4.39 Å². The van der Waals surface area contributed by atoms with E-state index in [1.165, 1.54) is 12.1 Å². The van der Waals surface area contributed by atoms with Crippen molar-refractivity contribution in [3.05, 3.63) is 83.9 Å². The number of amides is 1. The van der Waals surface area contributed by atoms with Crippen molar-refractivity contribution in [2.45, 2.75) is 26.1 Å². The maximum Gasteiger partial charge on any atom is 0.237 e. The topological polar surface area (TPSA) is 50.2 Å². The van der Waals surface area contributed by atoms with Crippen molar-refractivity contribution in [3.63, 3.8) is 0 Å². The highest BCUT2D eigenvalue weighted by molar-refractivity contribution is 5.81. The minimum Gasteiger partial charge on any atom is -0.351 e. The van der Waals surface area contributed by atoms with Crippen LogP contribution in [0.15, 0.2) is 67.0 Å². The van der Waals surface area contributed by atoms with Crippen LogP contribution >= 0.6 is 0 Å². The highest BCUT2D eigenvalue weighted by Crippen LogP contribution is 2.11. The number of halogens is 1. The van der Waals surface area contributed by atoms with Crippen LogP contribution in [0.1, 0.15) is 18.1 Å². The molecule has 0 radical (unpaired) electrons. The smallest absolute Gasteiger partial charge is 0.237 e. The lowest BCUT2D eigenvalue weighted by Crippen LogP contribution is -2.42. The summed E-state index contributed by atoms with van der Waals surface area (Å²) in [4.78, 5) is 14.4. The molecule has 3 aromatic rings. The van der Waals surface area contributed by atoms with Gasteiger partial charge in [0.15, 0.2) is 0 Å². The fraction of sp³-hybridized carbons (Fsp3) is 0.238. The second-order valence-corrected chi connectivity index (χ2v) is 6.56. The summed E-state index contributed by atoms with van der Waals surface area (Å²) in [6.07, 6.45) is 3.78. The number of nitrogens with one attached hydrogen (secondary N) is 1. The van der Waals surface area contributed by atoms with Gasteiger partial charge in [0.1, 0.15) is 5.82 Å². The van der Waals surface area contributed by atoms with Crippen LogP contribution in [-0.2, 0) is 17.9 Å². The van der Waals surface area contributed by atoms with E-state index in [2.05, 4.69) is 10.4 Å². The number of rotatable bonds is 7. The molecule has 3 rings (SSSR count). The van der Waals surface area contributed by atoms with Gasteiger partial charge in [-0.2, -0.15) is 5.10 Å². The Balaban J connectivity index is 1.54. The van der Waals surface area contributed by atoms with Gasteiger partial charge < -0.3 is 5.32 Å². The average Bonchev–Trinajstić information content (AvgIpc) is 3.16. The summed E-state index contributed by atoms with van der Waals surface area (Å²) in [6, 6.07) is 15.7. The largest absolute Gasteiger partial charge is 0.351 e. The molecule has 0 aliphatic heterocycles. The van der Waals surface area contributed by atoms with Gasteiger partial charge in [0, 0.05) is 24.8 Å². The quantitative estimate of drug-likeness (QED) is 0.699. The second kappa shape index (κ2) is 8.60. The number of aromatic nitrogens is 2. The molecule has 0 fully saturated rings. The normalized spacial score (nSPS) is 12.1. The van der Waals surface area contributed by atoms with E-state index in [4.69, 9.17) is 0 Å². The first-order chi connectivity index (χ1) is 13.0. The van der Waals surface area contributed by atoms with Crippen molar-refractivity contribution >= 4 is 5.91 Å². The van der Waals surface area contributed by atoms with E-state index in [1.54, 1.807) is 12.1 Å². The molecule has 0 saturated heterocycles. The Hall–Kier alpha value is -2.99. The van der Waals surface area contributed by atoms with Gasteiger partial charge >= 0.3 is 0 Å². The van der Waals surface area contributed by atoms with Gasteiger partial charge in [-0.1, -0.05) is 30.3 Å². The van der Waals surface area contributed by atoms with Crippen LogP contribution in [0.3, 0.4) is 0 Å².